The number of hydrogen-bond acceptors (Lipinski definition) is 2. The van der Waals surface area contributed by atoms with Crippen LogP contribution in [0.1, 0.15) is 18.1 Å². The van der Waals surface area contributed by atoms with E-state index >= 15 is 0 Å². The van der Waals surface area contributed by atoms with Crippen LogP contribution < -0.4 is 0 Å². The summed E-state index contributed by atoms with van der Waals surface area (Å²) in [5.74, 6) is 0. The van der Waals surface area contributed by atoms with Gasteiger partial charge in [-0.1, -0.05) is 6.92 Å². The Kier molecular flexibility index (Phi) is 2.03. The Hall–Kier alpha value is -1.33. The minimum atomic E-state index is 0.751. The Morgan fingerprint density at radius 2 is 2.31 bits per heavy atom. The number of nitrogens with zero attached hydrogens (tertiary/aromatic N) is 1. The summed E-state index contributed by atoms with van der Waals surface area (Å²) in [5, 5.41) is 12.2. The fourth-order valence-corrected chi connectivity index (χ4v) is 2.45. The predicted molar refractivity (Wildman–Crippen MR) is 55.9 cm³/mol. The van der Waals surface area contributed by atoms with Crippen molar-refractivity contribution in [1.82, 2.24) is 0 Å². The molecule has 2 rings (SSSR count). The summed E-state index contributed by atoms with van der Waals surface area (Å²) < 4.78 is 1.27. The molecule has 0 N–H and O–H groups in total. The van der Waals surface area contributed by atoms with E-state index in [1.54, 1.807) is 11.3 Å². The second kappa shape index (κ2) is 3.20. The lowest BCUT2D eigenvalue weighted by atomic mass is 10.1. The Bertz CT molecular complexity index is 476. The SMILES string of the molecule is CCc1csc2ccc(C#N)cc12. The minimum Gasteiger partial charge on any atom is -0.192 e. The quantitative estimate of drug-likeness (QED) is 0.671. The Labute approximate surface area is 81.2 Å². The average Bonchev–Trinajstić information content (AvgIpc) is 2.59. The zero-order valence-corrected chi connectivity index (χ0v) is 8.19. The first-order chi connectivity index (χ1) is 6.35. The van der Waals surface area contributed by atoms with Gasteiger partial charge in [0.05, 0.1) is 11.6 Å². The molecule has 0 bridgehead atoms. The molecule has 0 aliphatic heterocycles. The van der Waals surface area contributed by atoms with Crippen LogP contribution in [0.5, 0.6) is 0 Å². The standard InChI is InChI=1S/C11H9NS/c1-2-9-7-13-11-4-3-8(6-12)5-10(9)11/h3-5,7H,2H2,1H3. The maximum absolute atomic E-state index is 8.75. The molecule has 1 heterocycles. The number of thiophene rings is 1. The summed E-state index contributed by atoms with van der Waals surface area (Å²) in [5.41, 5.74) is 2.10. The van der Waals surface area contributed by atoms with Gasteiger partial charge in [0.2, 0.25) is 0 Å². The first-order valence-electron chi connectivity index (χ1n) is 4.25. The predicted octanol–water partition coefficient (Wildman–Crippen LogP) is 3.34. The number of aryl methyl sites for hydroxylation is 1. The number of rotatable bonds is 1. The number of fused-ring (bicyclic) bond motifs is 1. The molecule has 0 aliphatic carbocycles. The highest BCUT2D eigenvalue weighted by Crippen LogP contribution is 2.26. The Balaban J connectivity index is 2.73. The molecule has 0 aliphatic rings. The summed E-state index contributed by atoms with van der Waals surface area (Å²) in [6.07, 6.45) is 1.04. The molecule has 0 atom stereocenters. The van der Waals surface area contributed by atoms with Crippen molar-refractivity contribution in [1.29, 1.82) is 5.26 Å². The van der Waals surface area contributed by atoms with Crippen LogP contribution in [0.15, 0.2) is 23.6 Å². The van der Waals surface area contributed by atoms with Gasteiger partial charge in [-0.3, -0.25) is 0 Å². The van der Waals surface area contributed by atoms with Crippen molar-refractivity contribution in [3.63, 3.8) is 0 Å². The highest BCUT2D eigenvalue weighted by molar-refractivity contribution is 7.17. The molecule has 2 heteroatoms. The molecule has 64 valence electrons. The topological polar surface area (TPSA) is 23.8 Å². The van der Waals surface area contributed by atoms with Crippen LogP contribution in [0.25, 0.3) is 10.1 Å². The van der Waals surface area contributed by atoms with Gasteiger partial charge in [-0.05, 0) is 40.9 Å². The first-order valence-corrected chi connectivity index (χ1v) is 5.13. The van der Waals surface area contributed by atoms with Gasteiger partial charge in [0.1, 0.15) is 0 Å². The van der Waals surface area contributed by atoms with Crippen LogP contribution in [0.4, 0.5) is 0 Å². The van der Waals surface area contributed by atoms with E-state index in [2.05, 4.69) is 18.4 Å². The van der Waals surface area contributed by atoms with Gasteiger partial charge in [-0.15, -0.1) is 11.3 Å². The third-order valence-electron chi connectivity index (χ3n) is 2.16. The van der Waals surface area contributed by atoms with Gasteiger partial charge in [-0.25, -0.2) is 0 Å². The first kappa shape index (κ1) is 8.28. The van der Waals surface area contributed by atoms with Crippen molar-refractivity contribution in [2.24, 2.45) is 0 Å². The van der Waals surface area contributed by atoms with Gasteiger partial charge in [0.25, 0.3) is 0 Å². The molecule has 0 spiro atoms. The van der Waals surface area contributed by atoms with E-state index in [0.29, 0.717) is 0 Å². The van der Waals surface area contributed by atoms with Crippen LogP contribution in [0.2, 0.25) is 0 Å². The van der Waals surface area contributed by atoms with E-state index in [9.17, 15) is 0 Å². The highest BCUT2D eigenvalue weighted by Gasteiger charge is 2.02. The largest absolute Gasteiger partial charge is 0.192 e. The molecule has 2 aromatic rings. The summed E-state index contributed by atoms with van der Waals surface area (Å²) in [6.45, 7) is 2.14. The summed E-state index contributed by atoms with van der Waals surface area (Å²) >= 11 is 1.75. The van der Waals surface area contributed by atoms with Crippen molar-refractivity contribution in [3.05, 3.63) is 34.7 Å². The monoisotopic (exact) mass is 187 g/mol. The van der Waals surface area contributed by atoms with Gasteiger partial charge < -0.3 is 0 Å². The van der Waals surface area contributed by atoms with Crippen LogP contribution in [0.3, 0.4) is 0 Å². The smallest absolute Gasteiger partial charge is 0.0991 e. The van der Waals surface area contributed by atoms with Crippen molar-refractivity contribution in [2.45, 2.75) is 13.3 Å². The molecule has 0 fully saturated rings. The molecular weight excluding hydrogens is 178 g/mol. The van der Waals surface area contributed by atoms with E-state index < -0.39 is 0 Å². The second-order valence-electron chi connectivity index (χ2n) is 2.94. The van der Waals surface area contributed by atoms with Crippen LogP contribution in [-0.4, -0.2) is 0 Å². The van der Waals surface area contributed by atoms with E-state index in [0.717, 1.165) is 12.0 Å². The number of benzene rings is 1. The summed E-state index contributed by atoms with van der Waals surface area (Å²) in [6, 6.07) is 8.04. The fraction of sp³-hybridized carbons (Fsp3) is 0.182. The zero-order valence-electron chi connectivity index (χ0n) is 7.37. The van der Waals surface area contributed by atoms with Crippen molar-refractivity contribution in [3.8, 4) is 6.07 Å². The molecule has 0 radical (unpaired) electrons. The van der Waals surface area contributed by atoms with Gasteiger partial charge in [0, 0.05) is 4.70 Å². The molecule has 0 saturated carbocycles. The lowest BCUT2D eigenvalue weighted by Crippen LogP contribution is -1.77. The zero-order chi connectivity index (χ0) is 9.26. The normalized spacial score (nSPS) is 10.2. The molecule has 0 saturated heterocycles. The van der Waals surface area contributed by atoms with Crippen molar-refractivity contribution < 1.29 is 0 Å². The lowest BCUT2D eigenvalue weighted by molar-refractivity contribution is 1.17. The van der Waals surface area contributed by atoms with Crippen molar-refractivity contribution >= 4 is 21.4 Å². The molecular formula is C11H9NS. The van der Waals surface area contributed by atoms with Crippen LogP contribution in [0, 0.1) is 11.3 Å². The highest BCUT2D eigenvalue weighted by atomic mass is 32.1. The molecule has 0 unspecified atom stereocenters. The number of nitriles is 1. The summed E-state index contributed by atoms with van der Waals surface area (Å²) in [7, 11) is 0. The molecule has 13 heavy (non-hydrogen) atoms. The van der Waals surface area contributed by atoms with Gasteiger partial charge in [0.15, 0.2) is 0 Å². The van der Waals surface area contributed by atoms with E-state index in [1.807, 2.05) is 18.2 Å². The third-order valence-corrected chi connectivity index (χ3v) is 3.18. The second-order valence-corrected chi connectivity index (χ2v) is 3.85. The Morgan fingerprint density at radius 3 is 3.00 bits per heavy atom. The Morgan fingerprint density at radius 1 is 1.46 bits per heavy atom. The maximum Gasteiger partial charge on any atom is 0.0991 e. The minimum absolute atomic E-state index is 0.751. The van der Waals surface area contributed by atoms with Gasteiger partial charge >= 0.3 is 0 Å². The fourth-order valence-electron chi connectivity index (χ4n) is 1.43. The van der Waals surface area contributed by atoms with Crippen molar-refractivity contribution in [2.75, 3.05) is 0 Å². The molecule has 1 aromatic carbocycles. The number of hydrogen-bond donors (Lipinski definition) is 0. The van der Waals surface area contributed by atoms with Crippen LogP contribution in [-0.2, 0) is 6.42 Å². The molecule has 0 amide bonds. The average molecular weight is 187 g/mol. The van der Waals surface area contributed by atoms with E-state index in [4.69, 9.17) is 5.26 Å². The van der Waals surface area contributed by atoms with Crippen LogP contribution >= 0.6 is 11.3 Å². The summed E-state index contributed by atoms with van der Waals surface area (Å²) in [4.78, 5) is 0. The molecule has 1 nitrogen and oxygen atoms in total. The van der Waals surface area contributed by atoms with Gasteiger partial charge in [-0.2, -0.15) is 5.26 Å². The third kappa shape index (κ3) is 1.32. The van der Waals surface area contributed by atoms with E-state index in [-0.39, 0.29) is 0 Å². The lowest BCUT2D eigenvalue weighted by Gasteiger charge is -1.93. The molecule has 1 aromatic heterocycles. The maximum atomic E-state index is 8.75. The van der Waals surface area contributed by atoms with E-state index in [1.165, 1.54) is 15.6 Å².